The minimum absolute atomic E-state index is 0.00736. The molecule has 1 amide bonds. The Morgan fingerprint density at radius 1 is 1.11 bits per heavy atom. The molecule has 2 aromatic carbocycles. The molecular formula is C28H26Cl2N2O4. The number of rotatable bonds is 7. The van der Waals surface area contributed by atoms with Crippen molar-refractivity contribution in [1.29, 1.82) is 0 Å². The summed E-state index contributed by atoms with van der Waals surface area (Å²) in [6, 6.07) is 15.6. The first-order valence-electron chi connectivity index (χ1n) is 11.6. The lowest BCUT2D eigenvalue weighted by Crippen LogP contribution is -2.47. The van der Waals surface area contributed by atoms with E-state index in [1.165, 1.54) is 11.1 Å². The van der Waals surface area contributed by atoms with Gasteiger partial charge in [0, 0.05) is 27.9 Å². The van der Waals surface area contributed by atoms with Crippen LogP contribution in [0.25, 0.3) is 5.70 Å². The summed E-state index contributed by atoms with van der Waals surface area (Å²) in [6.45, 7) is 7.55. The molecule has 1 aliphatic heterocycles. The third-order valence-electron chi connectivity index (χ3n) is 6.74. The number of aromatic nitrogens is 1. The van der Waals surface area contributed by atoms with Crippen molar-refractivity contribution in [3.8, 4) is 0 Å². The maximum absolute atomic E-state index is 14.1. The standard InChI is InChI=1S/C28H26Cl2N2O4/c1-17(24-11-9-21(30)15-31-24)32-25(33)22-14-19(26(2,3)34)6-10-23(22)28(32,36-16-27(35)12-13-27)18-4-7-20(29)8-5-18/h4-11,14-15,34-35H,1,12-13,16H2,2-3H3/t28-/m1/s1. The molecule has 6 nitrogen and oxygen atoms in total. The Bertz CT molecular complexity index is 1350. The minimum atomic E-state index is -1.45. The second-order valence-electron chi connectivity index (χ2n) is 9.93. The Labute approximate surface area is 219 Å². The summed E-state index contributed by atoms with van der Waals surface area (Å²) in [4.78, 5) is 20.0. The molecule has 0 spiro atoms. The van der Waals surface area contributed by atoms with E-state index in [1.807, 2.05) is 0 Å². The minimum Gasteiger partial charge on any atom is -0.387 e. The average Bonchev–Trinajstić information content (AvgIpc) is 3.52. The average molecular weight is 525 g/mol. The molecule has 2 N–H and O–H groups in total. The number of hydrogen-bond donors (Lipinski definition) is 2. The van der Waals surface area contributed by atoms with Crippen LogP contribution >= 0.6 is 23.2 Å². The Balaban J connectivity index is 1.75. The summed E-state index contributed by atoms with van der Waals surface area (Å²) in [5.41, 5.74) is -0.678. The van der Waals surface area contributed by atoms with Crippen molar-refractivity contribution < 1.29 is 19.7 Å². The molecular weight excluding hydrogens is 499 g/mol. The molecule has 8 heteroatoms. The van der Waals surface area contributed by atoms with Gasteiger partial charge in [-0.1, -0.05) is 54.0 Å². The van der Waals surface area contributed by atoms with E-state index in [-0.39, 0.29) is 12.5 Å². The van der Waals surface area contributed by atoms with E-state index < -0.39 is 16.9 Å². The smallest absolute Gasteiger partial charge is 0.261 e. The molecule has 0 bridgehead atoms. The number of pyridine rings is 1. The van der Waals surface area contributed by atoms with Crippen molar-refractivity contribution in [1.82, 2.24) is 9.88 Å². The van der Waals surface area contributed by atoms with E-state index >= 15 is 0 Å². The molecule has 0 unspecified atom stereocenters. The van der Waals surface area contributed by atoms with Crippen LogP contribution in [-0.4, -0.2) is 38.2 Å². The normalized spacial score (nSPS) is 20.4. The number of ether oxygens (including phenoxy) is 1. The van der Waals surface area contributed by atoms with Gasteiger partial charge in [0.15, 0.2) is 0 Å². The van der Waals surface area contributed by atoms with Gasteiger partial charge in [0.2, 0.25) is 5.72 Å². The Kier molecular flexibility index (Phi) is 6.01. The quantitative estimate of drug-likeness (QED) is 0.427. The Hall–Kier alpha value is -2.74. The van der Waals surface area contributed by atoms with Crippen LogP contribution in [0.1, 0.15) is 59.4 Å². The number of fused-ring (bicyclic) bond motifs is 1. The first-order chi connectivity index (χ1) is 16.9. The molecule has 1 atom stereocenters. The lowest BCUT2D eigenvalue weighted by Gasteiger charge is -2.40. The van der Waals surface area contributed by atoms with Gasteiger partial charge in [-0.05, 0) is 62.6 Å². The van der Waals surface area contributed by atoms with Crippen molar-refractivity contribution >= 4 is 34.8 Å². The zero-order valence-corrected chi connectivity index (χ0v) is 21.5. The first kappa shape index (κ1) is 24.9. The fraction of sp³-hybridized carbons (Fsp3) is 0.286. The largest absolute Gasteiger partial charge is 0.387 e. The summed E-state index contributed by atoms with van der Waals surface area (Å²) < 4.78 is 6.58. The topological polar surface area (TPSA) is 82.9 Å². The van der Waals surface area contributed by atoms with Gasteiger partial charge in [-0.3, -0.25) is 14.7 Å². The highest BCUT2D eigenvalue weighted by Crippen LogP contribution is 2.51. The third-order valence-corrected chi connectivity index (χ3v) is 7.22. The van der Waals surface area contributed by atoms with Gasteiger partial charge in [-0.25, -0.2) is 0 Å². The van der Waals surface area contributed by atoms with E-state index in [2.05, 4.69) is 11.6 Å². The zero-order valence-electron chi connectivity index (χ0n) is 20.0. The second kappa shape index (κ2) is 8.68. The van der Waals surface area contributed by atoms with Crippen LogP contribution in [0, 0.1) is 0 Å². The summed E-state index contributed by atoms with van der Waals surface area (Å²) in [5, 5.41) is 22.3. The summed E-state index contributed by atoms with van der Waals surface area (Å²) in [6.07, 6.45) is 2.71. The molecule has 5 rings (SSSR count). The maximum atomic E-state index is 14.1. The molecule has 2 aliphatic rings. The molecule has 1 aromatic heterocycles. The fourth-order valence-corrected chi connectivity index (χ4v) is 4.71. The Morgan fingerprint density at radius 3 is 2.36 bits per heavy atom. The summed E-state index contributed by atoms with van der Waals surface area (Å²) in [7, 11) is 0. The number of amides is 1. The van der Waals surface area contributed by atoms with Crippen LogP contribution in [-0.2, 0) is 16.1 Å². The number of carbonyl (C=O) groups is 1. The molecule has 2 heterocycles. The van der Waals surface area contributed by atoms with Crippen LogP contribution in [0.5, 0.6) is 0 Å². The van der Waals surface area contributed by atoms with Gasteiger partial charge in [0.25, 0.3) is 5.91 Å². The molecule has 1 fully saturated rings. The molecule has 0 saturated heterocycles. The van der Waals surface area contributed by atoms with Crippen LogP contribution in [0.15, 0.2) is 67.4 Å². The van der Waals surface area contributed by atoms with Crippen LogP contribution in [0.2, 0.25) is 10.0 Å². The number of aliphatic hydroxyl groups is 2. The Morgan fingerprint density at radius 2 is 1.78 bits per heavy atom. The van der Waals surface area contributed by atoms with Gasteiger partial charge >= 0.3 is 0 Å². The molecule has 36 heavy (non-hydrogen) atoms. The van der Waals surface area contributed by atoms with Crippen LogP contribution < -0.4 is 0 Å². The highest BCUT2D eigenvalue weighted by atomic mass is 35.5. The molecule has 3 aromatic rings. The zero-order chi connectivity index (χ0) is 25.9. The number of halogens is 2. The van der Waals surface area contributed by atoms with Gasteiger partial charge in [0.1, 0.15) is 0 Å². The predicted octanol–water partition coefficient (Wildman–Crippen LogP) is 5.49. The van der Waals surface area contributed by atoms with Crippen molar-refractivity contribution in [3.05, 3.63) is 105 Å². The summed E-state index contributed by atoms with van der Waals surface area (Å²) in [5.74, 6) is -0.365. The molecule has 0 radical (unpaired) electrons. The van der Waals surface area contributed by atoms with E-state index in [0.717, 1.165) is 0 Å². The van der Waals surface area contributed by atoms with Crippen molar-refractivity contribution in [2.24, 2.45) is 0 Å². The fourth-order valence-electron chi connectivity index (χ4n) is 4.47. The van der Waals surface area contributed by atoms with Gasteiger partial charge < -0.3 is 14.9 Å². The third kappa shape index (κ3) is 4.23. The second-order valence-corrected chi connectivity index (χ2v) is 10.8. The van der Waals surface area contributed by atoms with Gasteiger partial charge in [0.05, 0.1) is 34.2 Å². The molecule has 1 aliphatic carbocycles. The van der Waals surface area contributed by atoms with Crippen LogP contribution in [0.3, 0.4) is 0 Å². The monoisotopic (exact) mass is 524 g/mol. The SMILES string of the molecule is C=C(c1ccc(Cl)cn1)N1C(=O)c2cc(C(C)(C)O)ccc2[C@]1(OCC1(O)CC1)c1ccc(Cl)cc1. The highest BCUT2D eigenvalue weighted by Gasteiger charge is 2.56. The lowest BCUT2D eigenvalue weighted by molar-refractivity contribution is -0.117. The van der Waals surface area contributed by atoms with E-state index in [1.54, 1.807) is 68.4 Å². The number of carbonyl (C=O) groups excluding carboxylic acids is 1. The van der Waals surface area contributed by atoms with Gasteiger partial charge in [-0.2, -0.15) is 0 Å². The summed E-state index contributed by atoms with van der Waals surface area (Å²) >= 11 is 12.3. The number of benzene rings is 2. The molecule has 186 valence electrons. The van der Waals surface area contributed by atoms with Crippen molar-refractivity contribution in [2.45, 2.75) is 43.6 Å². The van der Waals surface area contributed by atoms with E-state index in [9.17, 15) is 15.0 Å². The highest BCUT2D eigenvalue weighted by molar-refractivity contribution is 6.30. The molecule has 1 saturated carbocycles. The number of nitrogens with zero attached hydrogens (tertiary/aromatic N) is 2. The van der Waals surface area contributed by atoms with Gasteiger partial charge in [-0.15, -0.1) is 0 Å². The number of hydrogen-bond acceptors (Lipinski definition) is 5. The van der Waals surface area contributed by atoms with E-state index in [4.69, 9.17) is 27.9 Å². The predicted molar refractivity (Wildman–Crippen MR) is 139 cm³/mol. The van der Waals surface area contributed by atoms with Crippen molar-refractivity contribution in [3.63, 3.8) is 0 Å². The first-order valence-corrected chi connectivity index (χ1v) is 12.4. The van der Waals surface area contributed by atoms with Crippen molar-refractivity contribution in [2.75, 3.05) is 6.61 Å². The van der Waals surface area contributed by atoms with Crippen LogP contribution in [0.4, 0.5) is 0 Å². The maximum Gasteiger partial charge on any atom is 0.261 e. The lowest BCUT2D eigenvalue weighted by atomic mass is 9.89. The van der Waals surface area contributed by atoms with E-state index in [0.29, 0.717) is 56.5 Å².